The molecular weight excluding hydrogens is 408 g/mol. The number of nitro benzene ring substituents is 1. The van der Waals surface area contributed by atoms with E-state index in [1.165, 1.54) is 29.8 Å². The summed E-state index contributed by atoms with van der Waals surface area (Å²) in [6.45, 7) is 6.55. The van der Waals surface area contributed by atoms with E-state index in [0.29, 0.717) is 11.5 Å². The van der Waals surface area contributed by atoms with Crippen LogP contribution in [0.15, 0.2) is 59.0 Å². The number of nitro groups is 1. The first-order valence-corrected chi connectivity index (χ1v) is 9.58. The normalized spacial score (nSPS) is 11.2. The van der Waals surface area contributed by atoms with E-state index >= 15 is 0 Å². The van der Waals surface area contributed by atoms with E-state index in [1.807, 2.05) is 24.3 Å². The SMILES string of the molecule is CC(C)(C)c1ccc(OCc2ccc(C(=O)Nc3ccc(Cl)cc3[N+](=O)[O-])o2)cc1. The Morgan fingerprint density at radius 2 is 1.83 bits per heavy atom. The van der Waals surface area contributed by atoms with Gasteiger partial charge in [-0.2, -0.15) is 0 Å². The Balaban J connectivity index is 1.64. The minimum Gasteiger partial charge on any atom is -0.486 e. The standard InChI is InChI=1S/C22H21ClN2O5/c1-22(2,3)14-4-7-16(8-5-14)29-13-17-9-11-20(30-17)21(26)24-18-10-6-15(23)12-19(18)25(27)28/h4-12H,13H2,1-3H3,(H,24,26). The minimum absolute atomic E-state index is 0.0147. The Bertz CT molecular complexity index is 1070. The maximum Gasteiger partial charge on any atom is 0.294 e. The average Bonchev–Trinajstić information content (AvgIpc) is 3.16. The van der Waals surface area contributed by atoms with E-state index in [0.717, 1.165) is 0 Å². The van der Waals surface area contributed by atoms with Crippen LogP contribution >= 0.6 is 11.6 Å². The highest BCUT2D eigenvalue weighted by Gasteiger charge is 2.19. The van der Waals surface area contributed by atoms with Crippen LogP contribution in [0.1, 0.15) is 42.6 Å². The third-order valence-corrected chi connectivity index (χ3v) is 4.63. The second-order valence-electron chi connectivity index (χ2n) is 7.70. The average molecular weight is 429 g/mol. The molecule has 0 saturated heterocycles. The highest BCUT2D eigenvalue weighted by Crippen LogP contribution is 2.28. The number of rotatable bonds is 6. The second-order valence-corrected chi connectivity index (χ2v) is 8.14. The summed E-state index contributed by atoms with van der Waals surface area (Å²) in [6, 6.07) is 14.9. The number of nitrogens with one attached hydrogen (secondary N) is 1. The molecule has 0 fully saturated rings. The number of hydrogen-bond donors (Lipinski definition) is 1. The highest BCUT2D eigenvalue weighted by molar-refractivity contribution is 6.31. The van der Waals surface area contributed by atoms with Gasteiger partial charge in [0.05, 0.1) is 4.92 Å². The summed E-state index contributed by atoms with van der Waals surface area (Å²) in [6.07, 6.45) is 0. The largest absolute Gasteiger partial charge is 0.486 e. The molecule has 0 radical (unpaired) electrons. The lowest BCUT2D eigenvalue weighted by Crippen LogP contribution is -2.12. The monoisotopic (exact) mass is 428 g/mol. The molecule has 3 aromatic rings. The zero-order valence-electron chi connectivity index (χ0n) is 16.8. The molecule has 0 saturated carbocycles. The molecule has 0 bridgehead atoms. The summed E-state index contributed by atoms with van der Waals surface area (Å²) < 4.78 is 11.2. The van der Waals surface area contributed by atoms with Crippen LogP contribution in [0.3, 0.4) is 0 Å². The molecule has 0 spiro atoms. The molecule has 156 valence electrons. The van der Waals surface area contributed by atoms with Crippen molar-refractivity contribution < 1.29 is 18.9 Å². The first kappa shape index (κ1) is 21.4. The Morgan fingerprint density at radius 3 is 2.47 bits per heavy atom. The van der Waals surface area contributed by atoms with Gasteiger partial charge >= 0.3 is 0 Å². The second kappa shape index (κ2) is 8.59. The lowest BCUT2D eigenvalue weighted by molar-refractivity contribution is -0.383. The van der Waals surface area contributed by atoms with Gasteiger partial charge in [-0.15, -0.1) is 0 Å². The predicted octanol–water partition coefficient (Wildman–Crippen LogP) is 5.97. The first-order valence-electron chi connectivity index (χ1n) is 9.21. The van der Waals surface area contributed by atoms with E-state index in [-0.39, 0.29) is 34.2 Å². The molecule has 2 aromatic carbocycles. The summed E-state index contributed by atoms with van der Waals surface area (Å²) in [7, 11) is 0. The first-order chi connectivity index (χ1) is 14.1. The van der Waals surface area contributed by atoms with E-state index in [4.69, 9.17) is 20.8 Å². The van der Waals surface area contributed by atoms with Crippen molar-refractivity contribution in [1.29, 1.82) is 0 Å². The van der Waals surface area contributed by atoms with Crippen molar-refractivity contribution in [3.63, 3.8) is 0 Å². The van der Waals surface area contributed by atoms with Gasteiger partial charge in [0.25, 0.3) is 11.6 Å². The number of nitrogens with zero attached hydrogens (tertiary/aromatic N) is 1. The molecule has 30 heavy (non-hydrogen) atoms. The number of furan rings is 1. The van der Waals surface area contributed by atoms with Crippen molar-refractivity contribution in [2.24, 2.45) is 0 Å². The Labute approximate surface area is 178 Å². The molecule has 3 rings (SSSR count). The van der Waals surface area contributed by atoms with Crippen molar-refractivity contribution in [2.45, 2.75) is 32.8 Å². The summed E-state index contributed by atoms with van der Waals surface area (Å²) in [5.74, 6) is 0.537. The topological polar surface area (TPSA) is 94.6 Å². The summed E-state index contributed by atoms with van der Waals surface area (Å²) in [4.78, 5) is 22.9. The number of amides is 1. The number of anilines is 1. The maximum atomic E-state index is 12.4. The molecular formula is C22H21ClN2O5. The Kier molecular flexibility index (Phi) is 6.12. The van der Waals surface area contributed by atoms with Crippen LogP contribution in [0.4, 0.5) is 11.4 Å². The molecule has 0 aliphatic heterocycles. The van der Waals surface area contributed by atoms with Crippen LogP contribution in [-0.2, 0) is 12.0 Å². The quantitative estimate of drug-likeness (QED) is 0.385. The van der Waals surface area contributed by atoms with Crippen molar-refractivity contribution in [3.05, 3.63) is 86.8 Å². The molecule has 8 heteroatoms. The molecule has 0 atom stereocenters. The fourth-order valence-corrected chi connectivity index (χ4v) is 2.89. The predicted molar refractivity (Wildman–Crippen MR) is 114 cm³/mol. The molecule has 0 aliphatic rings. The van der Waals surface area contributed by atoms with Gasteiger partial charge in [-0.05, 0) is 47.4 Å². The van der Waals surface area contributed by atoms with Crippen molar-refractivity contribution in [2.75, 3.05) is 5.32 Å². The van der Waals surface area contributed by atoms with Gasteiger partial charge in [0, 0.05) is 11.1 Å². The molecule has 0 aliphatic carbocycles. The fraction of sp³-hybridized carbons (Fsp3) is 0.227. The van der Waals surface area contributed by atoms with Gasteiger partial charge in [-0.1, -0.05) is 44.5 Å². The van der Waals surface area contributed by atoms with Crippen molar-refractivity contribution in [3.8, 4) is 5.75 Å². The summed E-state index contributed by atoms with van der Waals surface area (Å²) in [5.41, 5.74) is 0.983. The van der Waals surface area contributed by atoms with E-state index in [2.05, 4.69) is 26.1 Å². The minimum atomic E-state index is -0.617. The van der Waals surface area contributed by atoms with Crippen LogP contribution in [0.25, 0.3) is 0 Å². The lowest BCUT2D eigenvalue weighted by Gasteiger charge is -2.19. The van der Waals surface area contributed by atoms with Gasteiger partial charge < -0.3 is 14.5 Å². The van der Waals surface area contributed by atoms with Gasteiger partial charge in [-0.25, -0.2) is 0 Å². The van der Waals surface area contributed by atoms with Gasteiger partial charge in [0.1, 0.15) is 23.8 Å². The number of carbonyl (C=O) groups is 1. The molecule has 7 nitrogen and oxygen atoms in total. The smallest absolute Gasteiger partial charge is 0.294 e. The van der Waals surface area contributed by atoms with Crippen LogP contribution in [0, 0.1) is 10.1 Å². The van der Waals surface area contributed by atoms with E-state index in [1.54, 1.807) is 6.07 Å². The van der Waals surface area contributed by atoms with Crippen molar-refractivity contribution in [1.82, 2.24) is 0 Å². The molecule has 1 heterocycles. The van der Waals surface area contributed by atoms with Crippen molar-refractivity contribution >= 4 is 28.9 Å². The lowest BCUT2D eigenvalue weighted by atomic mass is 9.87. The summed E-state index contributed by atoms with van der Waals surface area (Å²) >= 11 is 5.78. The van der Waals surface area contributed by atoms with Gasteiger partial charge in [-0.3, -0.25) is 14.9 Å². The van der Waals surface area contributed by atoms with Crippen LogP contribution < -0.4 is 10.1 Å². The third kappa shape index (κ3) is 5.18. The van der Waals surface area contributed by atoms with Crippen LogP contribution in [0.5, 0.6) is 5.75 Å². The van der Waals surface area contributed by atoms with Gasteiger partial charge in [0.2, 0.25) is 0 Å². The zero-order valence-corrected chi connectivity index (χ0v) is 17.5. The highest BCUT2D eigenvalue weighted by atomic mass is 35.5. The Hall–Kier alpha value is -3.32. The molecule has 1 amide bonds. The van der Waals surface area contributed by atoms with E-state index in [9.17, 15) is 14.9 Å². The number of carbonyl (C=O) groups excluding carboxylic acids is 1. The van der Waals surface area contributed by atoms with Crippen LogP contribution in [-0.4, -0.2) is 10.8 Å². The third-order valence-electron chi connectivity index (χ3n) is 4.39. The number of hydrogen-bond acceptors (Lipinski definition) is 5. The summed E-state index contributed by atoms with van der Waals surface area (Å²) in [5, 5.41) is 13.8. The zero-order chi connectivity index (χ0) is 21.9. The fourth-order valence-electron chi connectivity index (χ4n) is 2.73. The number of benzene rings is 2. The maximum absolute atomic E-state index is 12.4. The van der Waals surface area contributed by atoms with Gasteiger partial charge in [0.15, 0.2) is 5.76 Å². The van der Waals surface area contributed by atoms with E-state index < -0.39 is 10.8 Å². The van der Waals surface area contributed by atoms with Crippen LogP contribution in [0.2, 0.25) is 5.02 Å². The Morgan fingerprint density at radius 1 is 1.13 bits per heavy atom. The number of halogens is 1. The molecule has 1 aromatic heterocycles. The number of ether oxygens (including phenoxy) is 1. The molecule has 1 N–H and O–H groups in total. The molecule has 0 unspecified atom stereocenters.